The van der Waals surface area contributed by atoms with Crippen molar-refractivity contribution >= 4 is 11.9 Å². The van der Waals surface area contributed by atoms with E-state index in [9.17, 15) is 18.4 Å². The van der Waals surface area contributed by atoms with Gasteiger partial charge >= 0.3 is 12.6 Å². The zero-order valence-electron chi connectivity index (χ0n) is 14.0. The van der Waals surface area contributed by atoms with Gasteiger partial charge in [0.05, 0.1) is 6.42 Å². The number of benzene rings is 2. The average Bonchev–Trinajstić information content (AvgIpc) is 2.60. The van der Waals surface area contributed by atoms with Gasteiger partial charge in [0.15, 0.2) is 0 Å². The molecule has 0 saturated heterocycles. The number of carbonyl (C=O) groups is 2. The molecule has 0 unspecified atom stereocenters. The van der Waals surface area contributed by atoms with Crippen LogP contribution in [0.25, 0.3) is 0 Å². The van der Waals surface area contributed by atoms with Crippen LogP contribution in [0.3, 0.4) is 0 Å². The molecule has 7 heteroatoms. The minimum atomic E-state index is -3.00. The first-order chi connectivity index (χ1) is 12.5. The van der Waals surface area contributed by atoms with E-state index in [2.05, 4.69) is 4.74 Å². The molecule has 2 aromatic carbocycles. The van der Waals surface area contributed by atoms with Crippen molar-refractivity contribution in [2.75, 3.05) is 13.1 Å². The van der Waals surface area contributed by atoms with Crippen molar-refractivity contribution in [2.45, 2.75) is 19.5 Å². The van der Waals surface area contributed by atoms with Crippen molar-refractivity contribution in [3.05, 3.63) is 65.7 Å². The van der Waals surface area contributed by atoms with Crippen LogP contribution in [0, 0.1) is 0 Å². The number of carbonyl (C=O) groups excluding carboxylic acids is 1. The van der Waals surface area contributed by atoms with Crippen LogP contribution in [0.2, 0.25) is 0 Å². The third kappa shape index (κ3) is 6.16. The Balaban J connectivity index is 2.08. The quantitative estimate of drug-likeness (QED) is 0.744. The molecule has 5 nitrogen and oxygen atoms in total. The van der Waals surface area contributed by atoms with Crippen molar-refractivity contribution in [2.24, 2.45) is 0 Å². The number of alkyl halides is 2. The van der Waals surface area contributed by atoms with Gasteiger partial charge in [-0.25, -0.2) is 0 Å². The van der Waals surface area contributed by atoms with E-state index in [1.165, 1.54) is 23.1 Å². The van der Waals surface area contributed by atoms with Crippen LogP contribution in [0.5, 0.6) is 5.75 Å². The van der Waals surface area contributed by atoms with Gasteiger partial charge in [-0.15, -0.1) is 0 Å². The van der Waals surface area contributed by atoms with Crippen LogP contribution in [-0.4, -0.2) is 41.6 Å². The molecule has 0 aliphatic rings. The number of carboxylic acids is 1. The van der Waals surface area contributed by atoms with Gasteiger partial charge in [-0.1, -0.05) is 48.5 Å². The average molecular weight is 363 g/mol. The van der Waals surface area contributed by atoms with E-state index >= 15 is 0 Å². The Kier molecular flexibility index (Phi) is 7.08. The smallest absolute Gasteiger partial charge is 0.387 e. The Morgan fingerprint density at radius 2 is 1.69 bits per heavy atom. The molecule has 138 valence electrons. The molecule has 0 spiro atoms. The second kappa shape index (κ2) is 9.50. The molecule has 2 rings (SSSR count). The Morgan fingerprint density at radius 1 is 1.04 bits per heavy atom. The van der Waals surface area contributed by atoms with Gasteiger partial charge in [0.25, 0.3) is 0 Å². The lowest BCUT2D eigenvalue weighted by molar-refractivity contribution is -0.144. The van der Waals surface area contributed by atoms with Crippen LogP contribution in [0.15, 0.2) is 54.6 Å². The molecule has 1 N–H and O–H groups in total. The number of hydrogen-bond donors (Lipinski definition) is 1. The van der Waals surface area contributed by atoms with E-state index in [0.29, 0.717) is 6.42 Å². The molecule has 1 amide bonds. The summed E-state index contributed by atoms with van der Waals surface area (Å²) in [6.07, 6.45) is 0.278. The fraction of sp³-hybridized carbons (Fsp3) is 0.263. The maximum Gasteiger partial charge on any atom is 0.387 e. The van der Waals surface area contributed by atoms with Gasteiger partial charge < -0.3 is 14.7 Å². The third-order valence-corrected chi connectivity index (χ3v) is 3.72. The first-order valence-corrected chi connectivity index (χ1v) is 8.02. The molecule has 0 aliphatic carbocycles. The number of nitrogens with zero attached hydrogens (tertiary/aromatic N) is 1. The van der Waals surface area contributed by atoms with Crippen LogP contribution >= 0.6 is 0 Å². The molecule has 0 fully saturated rings. The molecule has 0 heterocycles. The lowest BCUT2D eigenvalue weighted by Gasteiger charge is -2.21. The predicted octanol–water partition coefficient (Wildman–Crippen LogP) is 2.99. The lowest BCUT2D eigenvalue weighted by atomic mass is 10.1. The Labute approximate surface area is 149 Å². The summed E-state index contributed by atoms with van der Waals surface area (Å²) in [6.45, 7) is -3.24. The summed E-state index contributed by atoms with van der Waals surface area (Å²) in [7, 11) is 0. The van der Waals surface area contributed by atoms with E-state index in [-0.39, 0.29) is 24.3 Å². The van der Waals surface area contributed by atoms with Crippen molar-refractivity contribution in [3.8, 4) is 5.75 Å². The Morgan fingerprint density at radius 3 is 2.35 bits per heavy atom. The van der Waals surface area contributed by atoms with Gasteiger partial charge in [0, 0.05) is 12.1 Å². The number of halogens is 2. The SMILES string of the molecule is O=C(O)CN(CCc1ccccc1)C(=O)Cc1ccccc1OC(F)F. The standard InChI is InChI=1S/C19H19F2NO4/c20-19(21)26-16-9-5-4-8-15(16)12-17(23)22(13-18(24)25)11-10-14-6-2-1-3-7-14/h1-9,19H,10-13H2,(H,24,25). The highest BCUT2D eigenvalue weighted by molar-refractivity contribution is 5.83. The number of ether oxygens (including phenoxy) is 1. The molecule has 0 saturated carbocycles. The molecule has 0 bridgehead atoms. The number of amides is 1. The fourth-order valence-electron chi connectivity index (χ4n) is 2.50. The van der Waals surface area contributed by atoms with E-state index in [4.69, 9.17) is 5.11 Å². The maximum atomic E-state index is 12.5. The molecule has 0 atom stereocenters. The van der Waals surface area contributed by atoms with E-state index < -0.39 is 25.0 Å². The fourth-order valence-corrected chi connectivity index (χ4v) is 2.50. The van der Waals surface area contributed by atoms with Crippen molar-refractivity contribution < 1.29 is 28.2 Å². The summed E-state index contributed by atoms with van der Waals surface area (Å²) in [4.78, 5) is 24.8. The van der Waals surface area contributed by atoms with E-state index in [1.807, 2.05) is 30.3 Å². The number of para-hydroxylation sites is 1. The topological polar surface area (TPSA) is 66.8 Å². The summed E-state index contributed by atoms with van der Waals surface area (Å²) in [5.74, 6) is -1.69. The van der Waals surface area contributed by atoms with Crippen LogP contribution in [0.1, 0.15) is 11.1 Å². The van der Waals surface area contributed by atoms with Crippen molar-refractivity contribution in [1.82, 2.24) is 4.90 Å². The second-order valence-corrected chi connectivity index (χ2v) is 5.61. The van der Waals surface area contributed by atoms with Crippen LogP contribution in [0.4, 0.5) is 8.78 Å². The molecule has 0 aliphatic heterocycles. The number of rotatable bonds is 9. The number of carboxylic acid groups (broad SMARTS) is 1. The zero-order chi connectivity index (χ0) is 18.9. The maximum absolute atomic E-state index is 12.5. The van der Waals surface area contributed by atoms with E-state index in [1.54, 1.807) is 6.07 Å². The summed E-state index contributed by atoms with van der Waals surface area (Å²) in [5, 5.41) is 9.05. The van der Waals surface area contributed by atoms with Crippen LogP contribution < -0.4 is 4.74 Å². The molecular formula is C19H19F2NO4. The normalized spacial score (nSPS) is 10.6. The number of aliphatic carboxylic acids is 1. The highest BCUT2D eigenvalue weighted by Crippen LogP contribution is 2.21. The molecule has 0 aromatic heterocycles. The van der Waals surface area contributed by atoms with Gasteiger partial charge in [-0.2, -0.15) is 8.78 Å². The van der Waals surface area contributed by atoms with Gasteiger partial charge in [0.1, 0.15) is 12.3 Å². The molecular weight excluding hydrogens is 344 g/mol. The summed E-state index contributed by atoms with van der Waals surface area (Å²) in [5.41, 5.74) is 1.25. The zero-order valence-corrected chi connectivity index (χ0v) is 14.0. The van der Waals surface area contributed by atoms with E-state index in [0.717, 1.165) is 5.56 Å². The first-order valence-electron chi connectivity index (χ1n) is 8.02. The third-order valence-electron chi connectivity index (χ3n) is 3.72. The minimum absolute atomic E-state index is 0.0887. The lowest BCUT2D eigenvalue weighted by Crippen LogP contribution is -2.38. The molecule has 26 heavy (non-hydrogen) atoms. The number of hydrogen-bond acceptors (Lipinski definition) is 3. The summed E-state index contributed by atoms with van der Waals surface area (Å²) in [6, 6.07) is 15.3. The largest absolute Gasteiger partial charge is 0.480 e. The summed E-state index contributed by atoms with van der Waals surface area (Å²) >= 11 is 0. The molecule has 0 radical (unpaired) electrons. The first kappa shape index (κ1) is 19.4. The highest BCUT2D eigenvalue weighted by Gasteiger charge is 2.19. The second-order valence-electron chi connectivity index (χ2n) is 5.61. The summed E-state index contributed by atoms with van der Waals surface area (Å²) < 4.78 is 29.4. The Bertz CT molecular complexity index is 737. The van der Waals surface area contributed by atoms with Crippen molar-refractivity contribution in [3.63, 3.8) is 0 Å². The Hall–Kier alpha value is -2.96. The van der Waals surface area contributed by atoms with Crippen LogP contribution in [-0.2, 0) is 22.4 Å². The highest BCUT2D eigenvalue weighted by atomic mass is 19.3. The van der Waals surface area contributed by atoms with Gasteiger partial charge in [0.2, 0.25) is 5.91 Å². The minimum Gasteiger partial charge on any atom is -0.480 e. The molecule has 2 aromatic rings. The van der Waals surface area contributed by atoms with Crippen molar-refractivity contribution in [1.29, 1.82) is 0 Å². The van der Waals surface area contributed by atoms with Gasteiger partial charge in [-0.3, -0.25) is 9.59 Å². The van der Waals surface area contributed by atoms with Gasteiger partial charge in [-0.05, 0) is 18.1 Å². The monoisotopic (exact) mass is 363 g/mol. The predicted molar refractivity (Wildman–Crippen MR) is 91.1 cm³/mol.